The molecule has 3 unspecified atom stereocenters. The quantitative estimate of drug-likeness (QED) is 0.113. The average Bonchev–Trinajstić information content (AvgIpc) is 3.51. The first-order valence-electron chi connectivity index (χ1n) is 19.7. The van der Waals surface area contributed by atoms with Crippen LogP contribution < -0.4 is 10.7 Å². The Hall–Kier alpha value is -5.14. The summed E-state index contributed by atoms with van der Waals surface area (Å²) in [6.45, 7) is 14.1. The zero-order chi connectivity index (χ0) is 41.4. The van der Waals surface area contributed by atoms with Crippen molar-refractivity contribution >= 4 is 35.6 Å². The van der Waals surface area contributed by atoms with Gasteiger partial charge in [0, 0.05) is 73.9 Å². The number of benzene rings is 2. The summed E-state index contributed by atoms with van der Waals surface area (Å²) in [4.78, 5) is 56.6. The van der Waals surface area contributed by atoms with Gasteiger partial charge in [-0.25, -0.2) is 9.82 Å². The van der Waals surface area contributed by atoms with Crippen molar-refractivity contribution in [1.29, 1.82) is 0 Å². The lowest BCUT2D eigenvalue weighted by Gasteiger charge is -2.33. The van der Waals surface area contributed by atoms with Gasteiger partial charge in [0.1, 0.15) is 17.9 Å². The van der Waals surface area contributed by atoms with E-state index in [0.29, 0.717) is 50.1 Å². The Morgan fingerprint density at radius 1 is 1.09 bits per heavy atom. The number of ether oxygens (including phenoxy) is 2. The standard InChI is InChI=1S/C44H57FN6O6/c1-9-50-37-18-17-30(22-34(37)35(24-44(5,6)25-57-27-53)41(50)33-16-13-19-46-39(33)29(4)56-8)32-15-12-14-31(38(32)45)23-36(43(55)51-21-11-10-20-47-51)48-42(54)40(28(2)3)49(7)26-52/h12-19,22,26-29,36,40,47H,9-11,20-21,23-25H2,1-8H3,(H,48,54). The number of fused-ring (bicyclic) bond motifs is 1. The molecule has 1 aliphatic heterocycles. The molecule has 306 valence electrons. The number of rotatable bonds is 18. The number of amides is 3. The van der Waals surface area contributed by atoms with Gasteiger partial charge < -0.3 is 24.3 Å². The van der Waals surface area contributed by atoms with Gasteiger partial charge in [0.2, 0.25) is 12.3 Å². The molecule has 0 spiro atoms. The number of methoxy groups -OCH3 is 1. The van der Waals surface area contributed by atoms with Crippen LogP contribution >= 0.6 is 0 Å². The molecular formula is C44H57FN6O6. The predicted octanol–water partition coefficient (Wildman–Crippen LogP) is 6.25. The Labute approximate surface area is 335 Å². The maximum atomic E-state index is 17.0. The lowest BCUT2D eigenvalue weighted by molar-refractivity contribution is -0.142. The smallest absolute Gasteiger partial charge is 0.293 e. The molecule has 3 heterocycles. The molecule has 5 rings (SSSR count). The first kappa shape index (κ1) is 43.0. The van der Waals surface area contributed by atoms with Gasteiger partial charge in [-0.3, -0.25) is 29.2 Å². The second-order valence-corrected chi connectivity index (χ2v) is 16.0. The van der Waals surface area contributed by atoms with Crippen molar-refractivity contribution in [2.45, 2.75) is 92.0 Å². The van der Waals surface area contributed by atoms with E-state index in [1.807, 2.05) is 65.0 Å². The summed E-state index contributed by atoms with van der Waals surface area (Å²) >= 11 is 0. The summed E-state index contributed by atoms with van der Waals surface area (Å²) < 4.78 is 30.2. The van der Waals surface area contributed by atoms with Crippen molar-refractivity contribution < 1.29 is 33.0 Å². The third-order valence-electron chi connectivity index (χ3n) is 10.8. The second kappa shape index (κ2) is 18.9. The summed E-state index contributed by atoms with van der Waals surface area (Å²) in [6, 6.07) is 13.0. The van der Waals surface area contributed by atoms with E-state index in [2.05, 4.69) is 22.2 Å². The van der Waals surface area contributed by atoms with Crippen LogP contribution in [0.4, 0.5) is 4.39 Å². The molecule has 12 nitrogen and oxygen atoms in total. The van der Waals surface area contributed by atoms with Gasteiger partial charge in [-0.2, -0.15) is 0 Å². The van der Waals surface area contributed by atoms with E-state index in [0.717, 1.165) is 46.3 Å². The maximum absolute atomic E-state index is 17.0. The van der Waals surface area contributed by atoms with Crippen molar-refractivity contribution in [2.75, 3.05) is 33.9 Å². The number of halogens is 1. The van der Waals surface area contributed by atoms with Gasteiger partial charge in [0.25, 0.3) is 12.4 Å². The number of carbonyl (C=O) groups excluding carboxylic acids is 4. The number of nitrogens with zero attached hydrogens (tertiary/aromatic N) is 4. The molecule has 0 aliphatic carbocycles. The molecule has 1 aliphatic rings. The Bertz CT molecular complexity index is 2060. The Kier molecular flexibility index (Phi) is 14.2. The molecular weight excluding hydrogens is 728 g/mol. The molecule has 0 bridgehead atoms. The first-order chi connectivity index (χ1) is 27.3. The Morgan fingerprint density at radius 2 is 1.84 bits per heavy atom. The lowest BCUT2D eigenvalue weighted by Crippen LogP contribution is -2.59. The van der Waals surface area contributed by atoms with Crippen LogP contribution in [0.1, 0.15) is 77.3 Å². The topological polar surface area (TPSA) is 135 Å². The van der Waals surface area contributed by atoms with E-state index in [-0.39, 0.29) is 36.5 Å². The average molecular weight is 785 g/mol. The fraction of sp³-hybridized carbons (Fsp3) is 0.477. The summed E-state index contributed by atoms with van der Waals surface area (Å²) in [6.07, 6.45) is 4.19. The van der Waals surface area contributed by atoms with Crippen LogP contribution in [0, 0.1) is 17.2 Å². The number of hydrogen-bond acceptors (Lipinski definition) is 8. The summed E-state index contributed by atoms with van der Waals surface area (Å²) in [5.74, 6) is -1.59. The van der Waals surface area contributed by atoms with Crippen LogP contribution in [0.15, 0.2) is 54.7 Å². The van der Waals surface area contributed by atoms with Crippen molar-refractivity contribution in [3.63, 3.8) is 0 Å². The van der Waals surface area contributed by atoms with Crippen molar-refractivity contribution in [1.82, 2.24) is 30.2 Å². The minimum atomic E-state index is -1.09. The zero-order valence-electron chi connectivity index (χ0n) is 34.4. The van der Waals surface area contributed by atoms with Crippen LogP contribution in [0.25, 0.3) is 33.3 Å². The van der Waals surface area contributed by atoms with E-state index in [1.165, 1.54) is 17.0 Å². The number of aryl methyl sites for hydroxylation is 1. The number of nitrogens with one attached hydrogen (secondary N) is 2. The summed E-state index contributed by atoms with van der Waals surface area (Å²) in [5.41, 5.74) is 8.54. The molecule has 13 heteroatoms. The normalized spacial score (nSPS) is 14.9. The molecule has 3 atom stereocenters. The molecule has 0 saturated carbocycles. The summed E-state index contributed by atoms with van der Waals surface area (Å²) in [5, 5.41) is 5.29. The van der Waals surface area contributed by atoms with Gasteiger partial charge in [-0.05, 0) is 80.0 Å². The monoisotopic (exact) mass is 784 g/mol. The molecule has 57 heavy (non-hydrogen) atoms. The van der Waals surface area contributed by atoms with Crippen molar-refractivity contribution in [3.05, 3.63) is 77.4 Å². The Balaban J connectivity index is 1.62. The van der Waals surface area contributed by atoms with E-state index >= 15 is 4.39 Å². The third kappa shape index (κ3) is 9.53. The minimum absolute atomic E-state index is 0.103. The number of likely N-dealkylation sites (N-methyl/N-ethyl adjacent to an activating group) is 1. The van der Waals surface area contributed by atoms with Gasteiger partial charge in [-0.1, -0.05) is 52.0 Å². The van der Waals surface area contributed by atoms with E-state index in [1.54, 1.807) is 31.5 Å². The summed E-state index contributed by atoms with van der Waals surface area (Å²) in [7, 11) is 3.18. The first-order valence-corrected chi connectivity index (χ1v) is 19.7. The fourth-order valence-electron chi connectivity index (χ4n) is 7.97. The van der Waals surface area contributed by atoms with Crippen molar-refractivity contribution in [3.8, 4) is 22.4 Å². The molecule has 3 amide bonds. The minimum Gasteiger partial charge on any atom is -0.467 e. The van der Waals surface area contributed by atoms with Crippen LogP contribution in [0.2, 0.25) is 0 Å². The number of hydrazine groups is 1. The van der Waals surface area contributed by atoms with Gasteiger partial charge >= 0.3 is 0 Å². The lowest BCUT2D eigenvalue weighted by atomic mass is 9.84. The highest BCUT2D eigenvalue weighted by Gasteiger charge is 2.34. The number of pyridine rings is 1. The van der Waals surface area contributed by atoms with Crippen molar-refractivity contribution in [2.24, 2.45) is 11.3 Å². The number of aromatic nitrogens is 2. The fourth-order valence-corrected chi connectivity index (χ4v) is 7.97. The van der Waals surface area contributed by atoms with Crippen LogP contribution in [0.3, 0.4) is 0 Å². The maximum Gasteiger partial charge on any atom is 0.293 e. The van der Waals surface area contributed by atoms with E-state index in [9.17, 15) is 19.2 Å². The number of carbonyl (C=O) groups is 4. The molecule has 2 aromatic carbocycles. The van der Waals surface area contributed by atoms with Crippen LogP contribution in [0.5, 0.6) is 0 Å². The molecule has 2 N–H and O–H groups in total. The number of hydrogen-bond donors (Lipinski definition) is 2. The Morgan fingerprint density at radius 3 is 2.49 bits per heavy atom. The van der Waals surface area contributed by atoms with E-state index in [4.69, 9.17) is 14.5 Å². The van der Waals surface area contributed by atoms with Gasteiger partial charge in [-0.15, -0.1) is 0 Å². The van der Waals surface area contributed by atoms with Crippen LogP contribution in [-0.2, 0) is 48.0 Å². The molecule has 4 aromatic rings. The SMILES string of the molecule is CCn1c(-c2cccnc2C(C)OC)c(CC(C)(C)COC=O)c2cc(-c3cccc(CC(NC(=O)C(C(C)C)N(C)C=O)C(=O)N4CCCCN4)c3F)ccc21. The zero-order valence-corrected chi connectivity index (χ0v) is 34.4. The highest BCUT2D eigenvalue weighted by atomic mass is 19.1. The molecule has 1 fully saturated rings. The van der Waals surface area contributed by atoms with Gasteiger partial charge in [0.15, 0.2) is 0 Å². The molecule has 1 saturated heterocycles. The second-order valence-electron chi connectivity index (χ2n) is 16.0. The molecule has 0 radical (unpaired) electrons. The van der Waals surface area contributed by atoms with Gasteiger partial charge in [0.05, 0.1) is 24.1 Å². The highest BCUT2D eigenvalue weighted by molar-refractivity contribution is 5.95. The molecule has 2 aromatic heterocycles. The third-order valence-corrected chi connectivity index (χ3v) is 10.8. The van der Waals surface area contributed by atoms with Crippen LogP contribution in [-0.4, -0.2) is 90.1 Å². The predicted molar refractivity (Wildman–Crippen MR) is 218 cm³/mol. The highest BCUT2D eigenvalue weighted by Crippen LogP contribution is 2.42. The largest absolute Gasteiger partial charge is 0.467 e. The van der Waals surface area contributed by atoms with E-state index < -0.39 is 29.2 Å².